The molecule has 0 radical (unpaired) electrons. The molecule has 1 fully saturated rings. The van der Waals surface area contributed by atoms with Crippen LogP contribution < -0.4 is 11.1 Å². The van der Waals surface area contributed by atoms with Crippen LogP contribution in [0.1, 0.15) is 26.2 Å². The summed E-state index contributed by atoms with van der Waals surface area (Å²) in [6, 6.07) is 0.0717. The molecule has 64 valence electrons. The lowest BCUT2D eigenvalue weighted by Gasteiger charge is -2.12. The average Bonchev–Trinajstić information content (AvgIpc) is 2.11. The van der Waals surface area contributed by atoms with Crippen LogP contribution in [0.3, 0.4) is 0 Å². The number of amides is 1. The Bertz CT molecular complexity index is 147. The van der Waals surface area contributed by atoms with E-state index in [1.54, 1.807) is 0 Å². The number of hydrogen-bond donors (Lipinski definition) is 2. The van der Waals surface area contributed by atoms with Crippen LogP contribution in [0.15, 0.2) is 0 Å². The van der Waals surface area contributed by atoms with E-state index >= 15 is 0 Å². The van der Waals surface area contributed by atoms with Gasteiger partial charge in [0, 0.05) is 19.0 Å². The highest BCUT2D eigenvalue weighted by atomic mass is 16.1. The molecule has 0 aromatic carbocycles. The molecule has 0 bridgehead atoms. The number of carbonyl (C=O) groups excluding carboxylic acids is 1. The van der Waals surface area contributed by atoms with E-state index in [0.29, 0.717) is 12.3 Å². The van der Waals surface area contributed by atoms with Crippen molar-refractivity contribution in [3.8, 4) is 0 Å². The number of carbonyl (C=O) groups is 1. The van der Waals surface area contributed by atoms with Gasteiger partial charge in [0.2, 0.25) is 5.91 Å². The topological polar surface area (TPSA) is 55.1 Å². The zero-order valence-electron chi connectivity index (χ0n) is 6.97. The maximum atomic E-state index is 11.0. The summed E-state index contributed by atoms with van der Waals surface area (Å²) < 4.78 is 0. The van der Waals surface area contributed by atoms with Crippen molar-refractivity contribution < 1.29 is 4.79 Å². The summed E-state index contributed by atoms with van der Waals surface area (Å²) in [6.45, 7) is 2.94. The lowest BCUT2D eigenvalue weighted by molar-refractivity contribution is -0.121. The first-order valence-corrected chi connectivity index (χ1v) is 4.24. The van der Waals surface area contributed by atoms with Crippen LogP contribution in [0.2, 0.25) is 0 Å². The predicted octanol–water partition coefficient (Wildman–Crippen LogP) is 0.250. The minimum Gasteiger partial charge on any atom is -0.356 e. The molecule has 1 unspecified atom stereocenters. The summed E-state index contributed by atoms with van der Waals surface area (Å²) in [4.78, 5) is 11.0. The van der Waals surface area contributed by atoms with E-state index in [-0.39, 0.29) is 11.9 Å². The maximum absolute atomic E-state index is 11.0. The molecular formula is C8H16N2O. The van der Waals surface area contributed by atoms with Gasteiger partial charge in [-0.3, -0.25) is 4.79 Å². The fourth-order valence-electron chi connectivity index (χ4n) is 1.47. The van der Waals surface area contributed by atoms with Crippen molar-refractivity contribution in [1.82, 2.24) is 5.32 Å². The molecule has 3 nitrogen and oxygen atoms in total. The molecular weight excluding hydrogens is 140 g/mol. The SMILES string of the molecule is CCC1CNC(=O)C[C@@H](N)C1. The second-order valence-corrected chi connectivity index (χ2v) is 3.28. The summed E-state index contributed by atoms with van der Waals surface area (Å²) in [5.41, 5.74) is 5.73. The van der Waals surface area contributed by atoms with E-state index in [0.717, 1.165) is 19.4 Å². The van der Waals surface area contributed by atoms with Crippen LogP contribution in [-0.2, 0) is 4.79 Å². The van der Waals surface area contributed by atoms with E-state index in [9.17, 15) is 4.79 Å². The van der Waals surface area contributed by atoms with E-state index < -0.39 is 0 Å². The summed E-state index contributed by atoms with van der Waals surface area (Å²) >= 11 is 0. The Hall–Kier alpha value is -0.570. The van der Waals surface area contributed by atoms with Gasteiger partial charge in [-0.25, -0.2) is 0 Å². The van der Waals surface area contributed by atoms with Gasteiger partial charge in [0.05, 0.1) is 0 Å². The third-order valence-corrected chi connectivity index (χ3v) is 2.25. The smallest absolute Gasteiger partial charge is 0.221 e. The largest absolute Gasteiger partial charge is 0.356 e. The van der Waals surface area contributed by atoms with E-state index in [4.69, 9.17) is 5.73 Å². The fourth-order valence-corrected chi connectivity index (χ4v) is 1.47. The standard InChI is InChI=1S/C8H16N2O/c1-2-6-3-7(9)4-8(11)10-5-6/h6-7H,2-5,9H2,1H3,(H,10,11)/t6?,7-/m0/s1. The van der Waals surface area contributed by atoms with Gasteiger partial charge >= 0.3 is 0 Å². The molecule has 3 heteroatoms. The molecule has 0 aromatic rings. The monoisotopic (exact) mass is 156 g/mol. The molecule has 1 saturated heterocycles. The van der Waals surface area contributed by atoms with Gasteiger partial charge in [-0.2, -0.15) is 0 Å². The van der Waals surface area contributed by atoms with Crippen LogP contribution in [0.25, 0.3) is 0 Å². The molecule has 0 saturated carbocycles. The molecule has 0 aliphatic carbocycles. The highest BCUT2D eigenvalue weighted by molar-refractivity contribution is 5.76. The Morgan fingerprint density at radius 1 is 1.73 bits per heavy atom. The zero-order valence-corrected chi connectivity index (χ0v) is 6.97. The molecule has 3 N–H and O–H groups in total. The molecule has 1 amide bonds. The first-order chi connectivity index (χ1) is 5.22. The minimum atomic E-state index is 0.0717. The van der Waals surface area contributed by atoms with E-state index in [2.05, 4.69) is 12.2 Å². The van der Waals surface area contributed by atoms with E-state index in [1.165, 1.54) is 0 Å². The molecule has 11 heavy (non-hydrogen) atoms. The lowest BCUT2D eigenvalue weighted by Crippen LogP contribution is -2.27. The summed E-state index contributed by atoms with van der Waals surface area (Å²) in [7, 11) is 0. The first-order valence-electron chi connectivity index (χ1n) is 4.24. The van der Waals surface area contributed by atoms with Crippen LogP contribution in [0, 0.1) is 5.92 Å². The molecule has 0 aromatic heterocycles. The van der Waals surface area contributed by atoms with Crippen molar-refractivity contribution in [2.24, 2.45) is 11.7 Å². The van der Waals surface area contributed by atoms with Crippen LogP contribution in [0.4, 0.5) is 0 Å². The molecule has 0 spiro atoms. The quantitative estimate of drug-likeness (QED) is 0.571. The van der Waals surface area contributed by atoms with Crippen molar-refractivity contribution in [2.45, 2.75) is 32.2 Å². The Labute approximate surface area is 67.3 Å². The summed E-state index contributed by atoms with van der Waals surface area (Å²) in [5.74, 6) is 0.685. The zero-order chi connectivity index (χ0) is 8.27. The van der Waals surface area contributed by atoms with Gasteiger partial charge < -0.3 is 11.1 Å². The van der Waals surface area contributed by atoms with Crippen LogP contribution in [0.5, 0.6) is 0 Å². The van der Waals surface area contributed by atoms with Gasteiger partial charge in [-0.15, -0.1) is 0 Å². The molecule has 1 heterocycles. The van der Waals surface area contributed by atoms with E-state index in [1.807, 2.05) is 0 Å². The summed E-state index contributed by atoms with van der Waals surface area (Å²) in [5, 5.41) is 2.86. The van der Waals surface area contributed by atoms with Crippen molar-refractivity contribution in [1.29, 1.82) is 0 Å². The molecule has 1 rings (SSSR count). The summed E-state index contributed by atoms with van der Waals surface area (Å²) in [6.07, 6.45) is 2.58. The molecule has 2 atom stereocenters. The predicted molar refractivity (Wildman–Crippen MR) is 44.0 cm³/mol. The first kappa shape index (κ1) is 8.53. The number of rotatable bonds is 1. The van der Waals surface area contributed by atoms with Gasteiger partial charge in [-0.1, -0.05) is 13.3 Å². The molecule has 1 aliphatic heterocycles. The van der Waals surface area contributed by atoms with Crippen molar-refractivity contribution in [3.05, 3.63) is 0 Å². The van der Waals surface area contributed by atoms with Crippen molar-refractivity contribution in [2.75, 3.05) is 6.54 Å². The van der Waals surface area contributed by atoms with Gasteiger partial charge in [-0.05, 0) is 12.3 Å². The van der Waals surface area contributed by atoms with Crippen LogP contribution >= 0.6 is 0 Å². The number of nitrogens with one attached hydrogen (secondary N) is 1. The normalized spacial score (nSPS) is 32.7. The van der Waals surface area contributed by atoms with Crippen molar-refractivity contribution in [3.63, 3.8) is 0 Å². The number of nitrogens with two attached hydrogens (primary N) is 1. The van der Waals surface area contributed by atoms with Gasteiger partial charge in [0.25, 0.3) is 0 Å². The Morgan fingerprint density at radius 2 is 2.45 bits per heavy atom. The third kappa shape index (κ3) is 2.50. The van der Waals surface area contributed by atoms with Gasteiger partial charge in [0.15, 0.2) is 0 Å². The van der Waals surface area contributed by atoms with Gasteiger partial charge in [0.1, 0.15) is 0 Å². The minimum absolute atomic E-state index is 0.0717. The highest BCUT2D eigenvalue weighted by Crippen LogP contribution is 2.13. The fraction of sp³-hybridized carbons (Fsp3) is 0.875. The third-order valence-electron chi connectivity index (χ3n) is 2.25. The Morgan fingerprint density at radius 3 is 3.09 bits per heavy atom. The Balaban J connectivity index is 2.46. The maximum Gasteiger partial charge on any atom is 0.221 e. The average molecular weight is 156 g/mol. The highest BCUT2D eigenvalue weighted by Gasteiger charge is 2.19. The number of hydrogen-bond acceptors (Lipinski definition) is 2. The van der Waals surface area contributed by atoms with Crippen LogP contribution in [-0.4, -0.2) is 18.5 Å². The lowest BCUT2D eigenvalue weighted by atomic mass is 9.98. The Kier molecular flexibility index (Phi) is 2.88. The molecule has 1 aliphatic rings. The van der Waals surface area contributed by atoms with Crippen molar-refractivity contribution >= 4 is 5.91 Å². The second kappa shape index (κ2) is 3.72. The second-order valence-electron chi connectivity index (χ2n) is 3.28.